The maximum Gasteiger partial charge on any atom is -0.00226 e. The highest BCUT2D eigenvalue weighted by atomic mass is 14.6. The highest BCUT2D eigenvalue weighted by Crippen LogP contribution is 2.21. The molecule has 1 aromatic rings. The molecule has 1 aromatic carbocycles. The van der Waals surface area contributed by atoms with Gasteiger partial charge in [0.1, 0.15) is 0 Å². The van der Waals surface area contributed by atoms with E-state index >= 15 is 0 Å². The van der Waals surface area contributed by atoms with E-state index in [1.54, 1.807) is 0 Å². The van der Waals surface area contributed by atoms with Crippen LogP contribution in [-0.2, 0) is 6.42 Å². The lowest BCUT2D eigenvalue weighted by Gasteiger charge is -2.23. The molecule has 0 unspecified atom stereocenters. The van der Waals surface area contributed by atoms with E-state index in [9.17, 15) is 0 Å². The molecular formula is C12H19N. The van der Waals surface area contributed by atoms with Crippen LogP contribution in [0.1, 0.15) is 25.0 Å². The second-order valence-electron chi connectivity index (χ2n) is 4.47. The fraction of sp³-hybridized carbons (Fsp3) is 0.500. The van der Waals surface area contributed by atoms with Gasteiger partial charge in [-0.25, -0.2) is 0 Å². The molecule has 0 aliphatic carbocycles. The van der Waals surface area contributed by atoms with Gasteiger partial charge in [-0.1, -0.05) is 38.1 Å². The van der Waals surface area contributed by atoms with Gasteiger partial charge in [-0.3, -0.25) is 0 Å². The second kappa shape index (κ2) is 3.93. The molecule has 0 saturated carbocycles. The average Bonchev–Trinajstić information content (AvgIpc) is 2.09. The van der Waals surface area contributed by atoms with Crippen LogP contribution >= 0.6 is 0 Å². The van der Waals surface area contributed by atoms with Crippen LogP contribution in [0.15, 0.2) is 24.3 Å². The molecule has 0 fully saturated rings. The van der Waals surface area contributed by atoms with Gasteiger partial charge in [0.2, 0.25) is 0 Å². The monoisotopic (exact) mass is 177 g/mol. The fourth-order valence-electron chi connectivity index (χ4n) is 1.40. The molecule has 0 heterocycles. The minimum atomic E-state index is 0.214. The Hall–Kier alpha value is -0.820. The van der Waals surface area contributed by atoms with Crippen molar-refractivity contribution < 1.29 is 0 Å². The number of benzene rings is 1. The Kier molecular flexibility index (Phi) is 3.10. The summed E-state index contributed by atoms with van der Waals surface area (Å²) in [4.78, 5) is 0. The molecular weight excluding hydrogens is 158 g/mol. The molecule has 0 aliphatic rings. The van der Waals surface area contributed by atoms with E-state index in [0.29, 0.717) is 0 Å². The van der Waals surface area contributed by atoms with E-state index in [2.05, 4.69) is 45.0 Å². The van der Waals surface area contributed by atoms with Crippen molar-refractivity contribution in [3.05, 3.63) is 35.4 Å². The van der Waals surface area contributed by atoms with E-state index in [1.165, 1.54) is 11.1 Å². The molecule has 1 rings (SSSR count). The lowest BCUT2D eigenvalue weighted by Crippen LogP contribution is -2.26. The minimum Gasteiger partial charge on any atom is -0.330 e. The Balaban J connectivity index is 2.80. The van der Waals surface area contributed by atoms with Crippen molar-refractivity contribution in [2.45, 2.75) is 27.2 Å². The van der Waals surface area contributed by atoms with Crippen LogP contribution in [-0.4, -0.2) is 6.54 Å². The fourth-order valence-corrected chi connectivity index (χ4v) is 1.40. The molecule has 1 heteroatoms. The maximum absolute atomic E-state index is 5.70. The van der Waals surface area contributed by atoms with E-state index in [0.717, 1.165) is 13.0 Å². The van der Waals surface area contributed by atoms with Crippen LogP contribution in [0, 0.1) is 12.3 Å². The molecule has 2 N–H and O–H groups in total. The van der Waals surface area contributed by atoms with Gasteiger partial charge in [0.05, 0.1) is 0 Å². The third kappa shape index (κ3) is 2.85. The predicted octanol–water partition coefficient (Wildman–Crippen LogP) is 2.52. The van der Waals surface area contributed by atoms with E-state index in [1.807, 2.05) is 0 Å². The first-order valence-electron chi connectivity index (χ1n) is 4.80. The summed E-state index contributed by atoms with van der Waals surface area (Å²) in [5.74, 6) is 0. The zero-order valence-corrected chi connectivity index (χ0v) is 8.80. The van der Waals surface area contributed by atoms with Gasteiger partial charge >= 0.3 is 0 Å². The standard InChI is InChI=1S/C12H19N/c1-10-6-4-5-7-11(10)8-12(2,3)9-13/h4-7H,8-9,13H2,1-3H3. The normalized spacial score (nSPS) is 11.7. The number of aryl methyl sites for hydroxylation is 1. The van der Waals surface area contributed by atoms with Gasteiger partial charge in [0, 0.05) is 0 Å². The first-order valence-corrected chi connectivity index (χ1v) is 4.80. The number of hydrogen-bond acceptors (Lipinski definition) is 1. The van der Waals surface area contributed by atoms with Crippen LogP contribution in [0.4, 0.5) is 0 Å². The van der Waals surface area contributed by atoms with Crippen molar-refractivity contribution in [1.29, 1.82) is 0 Å². The van der Waals surface area contributed by atoms with Crippen LogP contribution in [0.2, 0.25) is 0 Å². The smallest absolute Gasteiger partial charge is 0.00226 e. The lowest BCUT2D eigenvalue weighted by molar-refractivity contribution is 0.376. The first kappa shape index (κ1) is 10.3. The summed E-state index contributed by atoms with van der Waals surface area (Å²) in [5, 5.41) is 0. The third-order valence-corrected chi connectivity index (χ3v) is 2.48. The SMILES string of the molecule is Cc1ccccc1CC(C)(C)CN. The molecule has 0 aliphatic heterocycles. The Morgan fingerprint density at radius 2 is 1.85 bits per heavy atom. The lowest BCUT2D eigenvalue weighted by atomic mass is 9.84. The summed E-state index contributed by atoms with van der Waals surface area (Å²) < 4.78 is 0. The van der Waals surface area contributed by atoms with Crippen molar-refractivity contribution in [1.82, 2.24) is 0 Å². The Morgan fingerprint density at radius 3 is 2.38 bits per heavy atom. The molecule has 0 saturated heterocycles. The van der Waals surface area contributed by atoms with Gasteiger partial charge in [0.25, 0.3) is 0 Å². The Bertz CT molecular complexity index is 276. The topological polar surface area (TPSA) is 26.0 Å². The summed E-state index contributed by atoms with van der Waals surface area (Å²) in [5.41, 5.74) is 8.70. The molecule has 0 aromatic heterocycles. The largest absolute Gasteiger partial charge is 0.330 e. The van der Waals surface area contributed by atoms with Gasteiger partial charge in [0.15, 0.2) is 0 Å². The number of rotatable bonds is 3. The van der Waals surface area contributed by atoms with Crippen LogP contribution in [0.3, 0.4) is 0 Å². The zero-order chi connectivity index (χ0) is 9.90. The van der Waals surface area contributed by atoms with Crippen molar-refractivity contribution >= 4 is 0 Å². The second-order valence-corrected chi connectivity index (χ2v) is 4.47. The third-order valence-electron chi connectivity index (χ3n) is 2.48. The summed E-state index contributed by atoms with van der Waals surface area (Å²) in [7, 11) is 0. The number of nitrogens with two attached hydrogens (primary N) is 1. The van der Waals surface area contributed by atoms with Gasteiger partial charge in [-0.2, -0.15) is 0 Å². The quantitative estimate of drug-likeness (QED) is 0.754. The molecule has 13 heavy (non-hydrogen) atoms. The zero-order valence-electron chi connectivity index (χ0n) is 8.80. The first-order chi connectivity index (χ1) is 6.05. The van der Waals surface area contributed by atoms with Crippen molar-refractivity contribution in [2.75, 3.05) is 6.54 Å². The molecule has 0 amide bonds. The average molecular weight is 177 g/mol. The van der Waals surface area contributed by atoms with Gasteiger partial charge in [-0.05, 0) is 36.4 Å². The highest BCUT2D eigenvalue weighted by Gasteiger charge is 2.16. The molecule has 1 nitrogen and oxygen atoms in total. The van der Waals surface area contributed by atoms with E-state index in [-0.39, 0.29) is 5.41 Å². The van der Waals surface area contributed by atoms with E-state index < -0.39 is 0 Å². The van der Waals surface area contributed by atoms with Crippen molar-refractivity contribution in [2.24, 2.45) is 11.1 Å². The Morgan fingerprint density at radius 1 is 1.23 bits per heavy atom. The van der Waals surface area contributed by atoms with Gasteiger partial charge < -0.3 is 5.73 Å². The molecule has 0 spiro atoms. The predicted molar refractivity (Wildman–Crippen MR) is 57.7 cm³/mol. The van der Waals surface area contributed by atoms with E-state index in [4.69, 9.17) is 5.73 Å². The van der Waals surface area contributed by atoms with Crippen molar-refractivity contribution in [3.63, 3.8) is 0 Å². The minimum absolute atomic E-state index is 0.214. The number of hydrogen-bond donors (Lipinski definition) is 1. The van der Waals surface area contributed by atoms with Crippen molar-refractivity contribution in [3.8, 4) is 0 Å². The molecule has 0 bridgehead atoms. The highest BCUT2D eigenvalue weighted by molar-refractivity contribution is 5.26. The molecule has 0 radical (unpaired) electrons. The Labute approximate surface area is 81.0 Å². The summed E-state index contributed by atoms with van der Waals surface area (Å²) >= 11 is 0. The van der Waals surface area contributed by atoms with Crippen LogP contribution < -0.4 is 5.73 Å². The maximum atomic E-state index is 5.70. The summed E-state index contributed by atoms with van der Waals surface area (Å²) in [6.45, 7) is 7.31. The van der Waals surface area contributed by atoms with Gasteiger partial charge in [-0.15, -0.1) is 0 Å². The molecule has 0 atom stereocenters. The summed E-state index contributed by atoms with van der Waals surface area (Å²) in [6.07, 6.45) is 1.07. The molecule has 72 valence electrons. The van der Waals surface area contributed by atoms with Crippen LogP contribution in [0.25, 0.3) is 0 Å². The van der Waals surface area contributed by atoms with Crippen LogP contribution in [0.5, 0.6) is 0 Å². The summed E-state index contributed by atoms with van der Waals surface area (Å²) in [6, 6.07) is 8.51.